The lowest BCUT2D eigenvalue weighted by Crippen LogP contribution is -2.45. The summed E-state index contributed by atoms with van der Waals surface area (Å²) in [6.07, 6.45) is 2.99. The number of hydrogen-bond acceptors (Lipinski definition) is 5. The molecule has 35 heavy (non-hydrogen) atoms. The molecular weight excluding hydrogens is 438 g/mol. The SMILES string of the molecule is Cc1ccn2c(=O)c(C(=O)Nc3ccc(CN4CCN(Cc5ccccc5)CC4)cc3)cnc2c1. The van der Waals surface area contributed by atoms with E-state index < -0.39 is 5.91 Å². The molecule has 0 saturated carbocycles. The van der Waals surface area contributed by atoms with Crippen LogP contribution >= 0.6 is 0 Å². The Morgan fingerprint density at radius 1 is 0.886 bits per heavy atom. The van der Waals surface area contributed by atoms with E-state index in [9.17, 15) is 9.59 Å². The number of carbonyl (C=O) groups excluding carboxylic acids is 1. The maximum absolute atomic E-state index is 12.7. The molecule has 1 saturated heterocycles. The first kappa shape index (κ1) is 23.0. The highest BCUT2D eigenvalue weighted by Crippen LogP contribution is 2.15. The van der Waals surface area contributed by atoms with Crippen LogP contribution in [0, 0.1) is 6.92 Å². The van der Waals surface area contributed by atoms with Crippen LogP contribution in [0.3, 0.4) is 0 Å². The molecule has 7 heteroatoms. The number of amides is 1. The van der Waals surface area contributed by atoms with Gasteiger partial charge in [-0.05, 0) is 47.9 Å². The second-order valence-electron chi connectivity index (χ2n) is 9.10. The molecule has 1 N–H and O–H groups in total. The number of rotatable bonds is 6. The Morgan fingerprint density at radius 3 is 2.17 bits per heavy atom. The summed E-state index contributed by atoms with van der Waals surface area (Å²) in [5.41, 5.74) is 4.37. The zero-order valence-corrected chi connectivity index (χ0v) is 19.9. The van der Waals surface area contributed by atoms with Crippen molar-refractivity contribution in [3.63, 3.8) is 0 Å². The number of fused-ring (bicyclic) bond motifs is 1. The second kappa shape index (κ2) is 10.2. The van der Waals surface area contributed by atoms with Crippen LogP contribution in [0.15, 0.2) is 83.9 Å². The molecule has 0 radical (unpaired) electrons. The molecule has 1 aliphatic rings. The third kappa shape index (κ3) is 5.48. The van der Waals surface area contributed by atoms with Crippen molar-refractivity contribution in [2.24, 2.45) is 0 Å². The molecule has 2 aromatic carbocycles. The first-order valence-corrected chi connectivity index (χ1v) is 11.9. The van der Waals surface area contributed by atoms with Gasteiger partial charge in [-0.3, -0.25) is 23.8 Å². The summed E-state index contributed by atoms with van der Waals surface area (Å²) >= 11 is 0. The molecule has 0 atom stereocenters. The first-order chi connectivity index (χ1) is 17.0. The minimum absolute atomic E-state index is 0.0174. The highest BCUT2D eigenvalue weighted by atomic mass is 16.2. The number of carbonyl (C=O) groups is 1. The number of aryl methyl sites for hydroxylation is 1. The van der Waals surface area contributed by atoms with Crippen molar-refractivity contribution in [2.45, 2.75) is 20.0 Å². The molecule has 4 aromatic rings. The molecule has 3 heterocycles. The van der Waals surface area contributed by atoms with Crippen LogP contribution in [0.1, 0.15) is 27.0 Å². The Bertz CT molecular complexity index is 1370. The quantitative estimate of drug-likeness (QED) is 0.470. The summed E-state index contributed by atoms with van der Waals surface area (Å²) in [6.45, 7) is 7.98. The van der Waals surface area contributed by atoms with Crippen molar-refractivity contribution in [3.05, 3.63) is 112 Å². The first-order valence-electron chi connectivity index (χ1n) is 11.9. The Hall–Kier alpha value is -3.81. The van der Waals surface area contributed by atoms with Gasteiger partial charge in [-0.2, -0.15) is 0 Å². The summed E-state index contributed by atoms with van der Waals surface area (Å²) in [7, 11) is 0. The standard InChI is InChI=1S/C28H29N5O2/c1-21-11-12-33-26(17-21)29-18-25(28(33)35)27(34)30-24-9-7-23(8-10-24)20-32-15-13-31(14-16-32)19-22-5-3-2-4-6-22/h2-12,17-18H,13-16,19-20H2,1H3,(H,30,34). The Morgan fingerprint density at radius 2 is 1.51 bits per heavy atom. The maximum atomic E-state index is 12.7. The zero-order valence-electron chi connectivity index (χ0n) is 19.9. The van der Waals surface area contributed by atoms with Crippen LogP contribution in [-0.4, -0.2) is 51.3 Å². The molecule has 5 rings (SSSR count). The normalized spacial score (nSPS) is 14.8. The lowest BCUT2D eigenvalue weighted by atomic mass is 10.1. The second-order valence-corrected chi connectivity index (χ2v) is 9.10. The van der Waals surface area contributed by atoms with E-state index in [2.05, 4.69) is 50.4 Å². The Kier molecular flexibility index (Phi) is 6.70. The van der Waals surface area contributed by atoms with Crippen LogP contribution in [0.4, 0.5) is 5.69 Å². The van der Waals surface area contributed by atoms with Gasteiger partial charge in [0, 0.05) is 57.3 Å². The molecule has 0 bridgehead atoms. The van der Waals surface area contributed by atoms with E-state index in [1.165, 1.54) is 21.7 Å². The number of nitrogens with zero attached hydrogens (tertiary/aromatic N) is 4. The van der Waals surface area contributed by atoms with Crippen molar-refractivity contribution in [1.29, 1.82) is 0 Å². The molecule has 1 amide bonds. The van der Waals surface area contributed by atoms with Crippen molar-refractivity contribution >= 4 is 17.2 Å². The van der Waals surface area contributed by atoms with Crippen molar-refractivity contribution in [2.75, 3.05) is 31.5 Å². The molecular formula is C28H29N5O2. The van der Waals surface area contributed by atoms with Crippen molar-refractivity contribution in [1.82, 2.24) is 19.2 Å². The topological polar surface area (TPSA) is 70.0 Å². The highest BCUT2D eigenvalue weighted by Gasteiger charge is 2.17. The van der Waals surface area contributed by atoms with Gasteiger partial charge < -0.3 is 5.32 Å². The van der Waals surface area contributed by atoms with Gasteiger partial charge >= 0.3 is 0 Å². The number of piperazine rings is 1. The van der Waals surface area contributed by atoms with Crippen LogP contribution in [-0.2, 0) is 13.1 Å². The maximum Gasteiger partial charge on any atom is 0.270 e. The lowest BCUT2D eigenvalue weighted by Gasteiger charge is -2.34. The molecule has 7 nitrogen and oxygen atoms in total. The number of aromatic nitrogens is 2. The largest absolute Gasteiger partial charge is 0.322 e. The monoisotopic (exact) mass is 467 g/mol. The summed E-state index contributed by atoms with van der Waals surface area (Å²) in [6, 6.07) is 22.1. The van der Waals surface area contributed by atoms with Gasteiger partial charge in [0.1, 0.15) is 11.2 Å². The van der Waals surface area contributed by atoms with Gasteiger partial charge in [0.2, 0.25) is 0 Å². The number of hydrogen-bond donors (Lipinski definition) is 1. The average Bonchev–Trinajstić information content (AvgIpc) is 2.87. The van der Waals surface area contributed by atoms with E-state index in [1.54, 1.807) is 6.20 Å². The van der Waals surface area contributed by atoms with Gasteiger partial charge in [-0.1, -0.05) is 42.5 Å². The van der Waals surface area contributed by atoms with E-state index >= 15 is 0 Å². The van der Waals surface area contributed by atoms with E-state index in [1.807, 2.05) is 43.3 Å². The zero-order chi connectivity index (χ0) is 24.2. The third-order valence-electron chi connectivity index (χ3n) is 6.44. The summed E-state index contributed by atoms with van der Waals surface area (Å²) in [4.78, 5) is 34.7. The van der Waals surface area contributed by atoms with Gasteiger partial charge in [-0.15, -0.1) is 0 Å². The van der Waals surface area contributed by atoms with Crippen LogP contribution in [0.2, 0.25) is 0 Å². The minimum Gasteiger partial charge on any atom is -0.322 e. The number of pyridine rings is 1. The summed E-state index contributed by atoms with van der Waals surface area (Å²) in [5.74, 6) is -0.459. The fourth-order valence-corrected chi connectivity index (χ4v) is 4.43. The molecule has 1 fully saturated rings. The fourth-order valence-electron chi connectivity index (χ4n) is 4.43. The molecule has 1 aliphatic heterocycles. The smallest absolute Gasteiger partial charge is 0.270 e. The number of benzene rings is 2. The van der Waals surface area contributed by atoms with Crippen LogP contribution < -0.4 is 10.9 Å². The van der Waals surface area contributed by atoms with Crippen molar-refractivity contribution < 1.29 is 4.79 Å². The minimum atomic E-state index is -0.459. The fraction of sp³-hybridized carbons (Fsp3) is 0.250. The summed E-state index contributed by atoms with van der Waals surface area (Å²) in [5, 5.41) is 2.82. The average molecular weight is 468 g/mol. The van der Waals surface area contributed by atoms with Crippen molar-refractivity contribution in [3.8, 4) is 0 Å². The number of anilines is 1. The Balaban J connectivity index is 1.16. The van der Waals surface area contributed by atoms with Gasteiger partial charge in [0.05, 0.1) is 0 Å². The predicted octanol–water partition coefficient (Wildman–Crippen LogP) is 3.57. The highest BCUT2D eigenvalue weighted by molar-refractivity contribution is 6.03. The van der Waals surface area contributed by atoms with E-state index in [-0.39, 0.29) is 11.1 Å². The van der Waals surface area contributed by atoms with Crippen LogP contribution in [0.25, 0.3) is 5.65 Å². The van der Waals surface area contributed by atoms with Gasteiger partial charge in [0.25, 0.3) is 11.5 Å². The van der Waals surface area contributed by atoms with Gasteiger partial charge in [-0.25, -0.2) is 4.98 Å². The number of nitrogens with one attached hydrogen (secondary N) is 1. The van der Waals surface area contributed by atoms with Gasteiger partial charge in [0.15, 0.2) is 0 Å². The molecule has 0 unspecified atom stereocenters. The predicted molar refractivity (Wildman–Crippen MR) is 138 cm³/mol. The molecule has 178 valence electrons. The third-order valence-corrected chi connectivity index (χ3v) is 6.44. The lowest BCUT2D eigenvalue weighted by molar-refractivity contribution is 0.102. The van der Waals surface area contributed by atoms with Crippen LogP contribution in [0.5, 0.6) is 0 Å². The van der Waals surface area contributed by atoms with E-state index in [0.29, 0.717) is 11.3 Å². The molecule has 2 aromatic heterocycles. The molecule has 0 aliphatic carbocycles. The Labute approximate surface area is 204 Å². The summed E-state index contributed by atoms with van der Waals surface area (Å²) < 4.78 is 1.39. The molecule has 0 spiro atoms. The van der Waals surface area contributed by atoms with E-state index in [0.717, 1.165) is 44.8 Å². The van der Waals surface area contributed by atoms with E-state index in [4.69, 9.17) is 0 Å².